The predicted molar refractivity (Wildman–Crippen MR) is 62.9 cm³/mol. The molecule has 0 saturated carbocycles. The molecule has 3 heteroatoms. The van der Waals surface area contributed by atoms with Gasteiger partial charge in [-0.25, -0.2) is 4.98 Å². The molecule has 1 radical (unpaired) electrons. The second kappa shape index (κ2) is 4.45. The summed E-state index contributed by atoms with van der Waals surface area (Å²) in [4.78, 5) is 4.16. The summed E-state index contributed by atoms with van der Waals surface area (Å²) in [5.74, 6) is 1.30. The number of nitrogens with zero attached hydrogens (tertiary/aromatic N) is 1. The summed E-state index contributed by atoms with van der Waals surface area (Å²) in [5.41, 5.74) is 0.694. The molecule has 0 aliphatic carbocycles. The molecule has 2 nitrogen and oxygen atoms in total. The van der Waals surface area contributed by atoms with Crippen LogP contribution in [-0.2, 0) is 0 Å². The van der Waals surface area contributed by atoms with Gasteiger partial charge in [-0.2, -0.15) is 0 Å². The van der Waals surface area contributed by atoms with Crippen LogP contribution in [0.25, 0.3) is 0 Å². The van der Waals surface area contributed by atoms with Crippen LogP contribution < -0.4 is 4.74 Å². The van der Waals surface area contributed by atoms with Gasteiger partial charge < -0.3 is 4.74 Å². The summed E-state index contributed by atoms with van der Waals surface area (Å²) in [6, 6.07) is 13.1. The summed E-state index contributed by atoms with van der Waals surface area (Å²) in [6.07, 6.45) is 0. The number of halogens is 1. The average molecular weight is 263 g/mol. The van der Waals surface area contributed by atoms with E-state index >= 15 is 0 Å². The van der Waals surface area contributed by atoms with Crippen LogP contribution >= 0.6 is 15.9 Å². The molecule has 2 aromatic rings. The number of benzene rings is 1. The lowest BCUT2D eigenvalue weighted by atomic mass is 10.3. The lowest BCUT2D eigenvalue weighted by Crippen LogP contribution is -1.89. The summed E-state index contributed by atoms with van der Waals surface area (Å²) in [6.45, 7) is 3.74. The zero-order valence-electron chi connectivity index (χ0n) is 7.98. The van der Waals surface area contributed by atoms with Gasteiger partial charge in [0, 0.05) is 11.8 Å². The van der Waals surface area contributed by atoms with Gasteiger partial charge in [-0.05, 0) is 41.1 Å². The van der Waals surface area contributed by atoms with Crippen molar-refractivity contribution in [2.75, 3.05) is 0 Å². The smallest absolute Gasteiger partial charge is 0.219 e. The van der Waals surface area contributed by atoms with E-state index in [1.807, 2.05) is 36.4 Å². The van der Waals surface area contributed by atoms with Crippen LogP contribution in [0.5, 0.6) is 11.6 Å². The summed E-state index contributed by atoms with van der Waals surface area (Å²) < 4.78 is 6.50. The lowest BCUT2D eigenvalue weighted by molar-refractivity contribution is 0.459. The fraction of sp³-hybridized carbons (Fsp3) is 0. The molecule has 0 spiro atoms. The lowest BCUT2D eigenvalue weighted by Gasteiger charge is -2.06. The third kappa shape index (κ3) is 2.57. The van der Waals surface area contributed by atoms with Gasteiger partial charge in [0.2, 0.25) is 5.88 Å². The van der Waals surface area contributed by atoms with Crippen molar-refractivity contribution in [3.05, 3.63) is 59.6 Å². The number of pyridine rings is 1. The van der Waals surface area contributed by atoms with Crippen molar-refractivity contribution in [2.45, 2.75) is 0 Å². The zero-order valence-corrected chi connectivity index (χ0v) is 9.57. The molecule has 75 valence electrons. The minimum Gasteiger partial charge on any atom is -0.438 e. The molecular formula is C12H9BrNO. The maximum absolute atomic E-state index is 5.59. The van der Waals surface area contributed by atoms with Gasteiger partial charge in [-0.15, -0.1) is 0 Å². The van der Waals surface area contributed by atoms with E-state index in [1.54, 1.807) is 6.07 Å². The van der Waals surface area contributed by atoms with E-state index < -0.39 is 0 Å². The summed E-state index contributed by atoms with van der Waals surface area (Å²) >= 11 is 3.40. The van der Waals surface area contributed by atoms with Crippen LogP contribution in [-0.4, -0.2) is 4.98 Å². The van der Waals surface area contributed by atoms with Crippen molar-refractivity contribution < 1.29 is 4.74 Å². The Labute approximate surface area is 97.1 Å². The average Bonchev–Trinajstić information content (AvgIpc) is 2.22. The number of hydrogen-bond acceptors (Lipinski definition) is 2. The second-order valence-corrected chi connectivity index (χ2v) is 3.85. The first-order valence-electron chi connectivity index (χ1n) is 4.47. The molecule has 0 amide bonds. The van der Waals surface area contributed by atoms with E-state index in [-0.39, 0.29) is 0 Å². The normalized spacial score (nSPS) is 10.0. The van der Waals surface area contributed by atoms with Crippen molar-refractivity contribution in [1.82, 2.24) is 4.98 Å². The van der Waals surface area contributed by atoms with Crippen LogP contribution in [0.3, 0.4) is 0 Å². The van der Waals surface area contributed by atoms with Crippen LogP contribution in [0.1, 0.15) is 5.69 Å². The van der Waals surface area contributed by atoms with Gasteiger partial charge in [0.15, 0.2) is 0 Å². The molecule has 0 aliphatic rings. The molecule has 1 heterocycles. The highest BCUT2D eigenvalue weighted by molar-refractivity contribution is 9.10. The first kappa shape index (κ1) is 10.2. The van der Waals surface area contributed by atoms with Crippen LogP contribution in [0.2, 0.25) is 0 Å². The Morgan fingerprint density at radius 3 is 2.60 bits per heavy atom. The highest BCUT2D eigenvalue weighted by Gasteiger charge is 2.01. The third-order valence-electron chi connectivity index (χ3n) is 1.83. The SMILES string of the molecule is [CH2]c1cccc(Oc2ccccc2Br)n1. The summed E-state index contributed by atoms with van der Waals surface area (Å²) in [5, 5.41) is 0. The highest BCUT2D eigenvalue weighted by Crippen LogP contribution is 2.27. The van der Waals surface area contributed by atoms with Crippen molar-refractivity contribution in [3.8, 4) is 11.6 Å². The van der Waals surface area contributed by atoms with Crippen LogP contribution in [0, 0.1) is 6.92 Å². The minimum atomic E-state index is 0.550. The topological polar surface area (TPSA) is 22.1 Å². The van der Waals surface area contributed by atoms with Gasteiger partial charge in [-0.1, -0.05) is 18.2 Å². The Balaban J connectivity index is 2.26. The second-order valence-electron chi connectivity index (χ2n) is 3.00. The van der Waals surface area contributed by atoms with E-state index in [1.165, 1.54) is 0 Å². The van der Waals surface area contributed by atoms with E-state index in [4.69, 9.17) is 4.74 Å². The molecule has 1 aromatic heterocycles. The van der Waals surface area contributed by atoms with Gasteiger partial charge in [-0.3, -0.25) is 0 Å². The Hall–Kier alpha value is -1.35. The van der Waals surface area contributed by atoms with Gasteiger partial charge in [0.05, 0.1) is 4.47 Å². The van der Waals surface area contributed by atoms with Crippen molar-refractivity contribution >= 4 is 15.9 Å². The number of hydrogen-bond donors (Lipinski definition) is 0. The van der Waals surface area contributed by atoms with Crippen LogP contribution in [0.4, 0.5) is 0 Å². The first-order valence-corrected chi connectivity index (χ1v) is 5.26. The van der Waals surface area contributed by atoms with Gasteiger partial charge >= 0.3 is 0 Å². The quantitative estimate of drug-likeness (QED) is 0.821. The number of ether oxygens (including phenoxy) is 1. The largest absolute Gasteiger partial charge is 0.438 e. The third-order valence-corrected chi connectivity index (χ3v) is 2.49. The Kier molecular flexibility index (Phi) is 3.02. The van der Waals surface area contributed by atoms with Crippen molar-refractivity contribution in [1.29, 1.82) is 0 Å². The van der Waals surface area contributed by atoms with Gasteiger partial charge in [0.1, 0.15) is 5.75 Å². The predicted octanol–water partition coefficient (Wildman–Crippen LogP) is 3.82. The van der Waals surface area contributed by atoms with E-state index in [9.17, 15) is 0 Å². The van der Waals surface area contributed by atoms with Gasteiger partial charge in [0.25, 0.3) is 0 Å². The Morgan fingerprint density at radius 1 is 1.07 bits per heavy atom. The fourth-order valence-corrected chi connectivity index (χ4v) is 1.52. The zero-order chi connectivity index (χ0) is 10.7. The van der Waals surface area contributed by atoms with Crippen molar-refractivity contribution in [2.24, 2.45) is 0 Å². The molecule has 15 heavy (non-hydrogen) atoms. The number of rotatable bonds is 2. The maximum Gasteiger partial charge on any atom is 0.219 e. The monoisotopic (exact) mass is 262 g/mol. The molecule has 0 N–H and O–H groups in total. The Bertz CT molecular complexity index is 471. The number of aromatic nitrogens is 1. The number of para-hydroxylation sites is 1. The molecule has 0 atom stereocenters. The van der Waals surface area contributed by atoms with E-state index in [2.05, 4.69) is 27.8 Å². The highest BCUT2D eigenvalue weighted by atomic mass is 79.9. The van der Waals surface area contributed by atoms with Crippen LogP contribution in [0.15, 0.2) is 46.9 Å². The first-order chi connectivity index (χ1) is 7.25. The van der Waals surface area contributed by atoms with Crippen molar-refractivity contribution in [3.63, 3.8) is 0 Å². The molecule has 2 rings (SSSR count). The molecule has 0 saturated heterocycles. The standard InChI is InChI=1S/C12H9BrNO/c1-9-5-4-8-12(14-9)15-11-7-3-2-6-10(11)13/h2-8H,1H2. The molecule has 0 bridgehead atoms. The molecule has 0 aliphatic heterocycles. The maximum atomic E-state index is 5.59. The summed E-state index contributed by atoms with van der Waals surface area (Å²) in [7, 11) is 0. The molecule has 0 fully saturated rings. The molecule has 0 unspecified atom stereocenters. The fourth-order valence-electron chi connectivity index (χ4n) is 1.15. The van der Waals surface area contributed by atoms with E-state index in [0.717, 1.165) is 10.2 Å². The molecular weight excluding hydrogens is 254 g/mol. The van der Waals surface area contributed by atoms with E-state index in [0.29, 0.717) is 11.6 Å². The molecule has 1 aromatic carbocycles. The minimum absolute atomic E-state index is 0.550. The Morgan fingerprint density at radius 2 is 1.87 bits per heavy atom.